The van der Waals surface area contributed by atoms with Crippen molar-refractivity contribution >= 4 is 17.6 Å². The number of amides is 2. The van der Waals surface area contributed by atoms with Gasteiger partial charge in [0.05, 0.1) is 0 Å². The lowest BCUT2D eigenvalue weighted by Crippen LogP contribution is -2.36. The fourth-order valence-corrected chi connectivity index (χ4v) is 2.76. The van der Waals surface area contributed by atoms with E-state index >= 15 is 0 Å². The van der Waals surface area contributed by atoms with Gasteiger partial charge in [-0.2, -0.15) is 0 Å². The summed E-state index contributed by atoms with van der Waals surface area (Å²) in [5.41, 5.74) is 2.33. The van der Waals surface area contributed by atoms with Crippen LogP contribution in [-0.2, 0) is 9.59 Å². The van der Waals surface area contributed by atoms with E-state index in [0.29, 0.717) is 13.0 Å². The minimum absolute atomic E-state index is 0.135. The standard InChI is InChI=1S/C20H19N3O3/c24-19(20(25)22-18-12-14-26-23-18)21-13-11-17(15-7-3-1-4-8-15)16-9-5-2-6-10-16/h1-10,12,14,17H,11,13H2,(H,21,24)(H,22,23,25). The van der Waals surface area contributed by atoms with Crippen molar-refractivity contribution in [1.29, 1.82) is 0 Å². The first-order chi connectivity index (χ1) is 12.7. The molecule has 0 aliphatic carbocycles. The number of aromatic nitrogens is 1. The molecule has 3 aromatic rings. The zero-order valence-corrected chi connectivity index (χ0v) is 14.1. The minimum atomic E-state index is -0.769. The Balaban J connectivity index is 1.60. The highest BCUT2D eigenvalue weighted by Gasteiger charge is 2.17. The van der Waals surface area contributed by atoms with Crippen LogP contribution in [0.4, 0.5) is 5.82 Å². The third kappa shape index (κ3) is 4.57. The highest BCUT2D eigenvalue weighted by atomic mass is 16.5. The van der Waals surface area contributed by atoms with Gasteiger partial charge in [0.1, 0.15) is 6.26 Å². The number of anilines is 1. The first-order valence-electron chi connectivity index (χ1n) is 8.33. The van der Waals surface area contributed by atoms with E-state index in [0.717, 1.165) is 0 Å². The van der Waals surface area contributed by atoms with Crippen LogP contribution < -0.4 is 10.6 Å². The molecule has 26 heavy (non-hydrogen) atoms. The molecular formula is C20H19N3O3. The SMILES string of the molecule is O=C(NCCC(c1ccccc1)c1ccccc1)C(=O)Nc1ccon1. The molecule has 6 heteroatoms. The molecule has 3 rings (SSSR count). The molecule has 2 amide bonds. The Labute approximate surface area is 151 Å². The van der Waals surface area contributed by atoms with Crippen molar-refractivity contribution in [2.24, 2.45) is 0 Å². The number of hydrogen-bond donors (Lipinski definition) is 2. The molecule has 0 bridgehead atoms. The summed E-state index contributed by atoms with van der Waals surface area (Å²) < 4.78 is 4.61. The second kappa shape index (κ2) is 8.62. The second-order valence-electron chi connectivity index (χ2n) is 5.76. The van der Waals surface area contributed by atoms with Crippen molar-refractivity contribution in [2.45, 2.75) is 12.3 Å². The number of nitrogens with one attached hydrogen (secondary N) is 2. The smallest absolute Gasteiger partial charge is 0.314 e. The van der Waals surface area contributed by atoms with Gasteiger partial charge in [-0.05, 0) is 17.5 Å². The molecule has 1 aromatic heterocycles. The third-order valence-corrected chi connectivity index (χ3v) is 4.01. The van der Waals surface area contributed by atoms with Gasteiger partial charge in [-0.1, -0.05) is 65.8 Å². The predicted octanol–water partition coefficient (Wildman–Crippen LogP) is 2.95. The summed E-state index contributed by atoms with van der Waals surface area (Å²) in [5, 5.41) is 8.56. The largest absolute Gasteiger partial charge is 0.363 e. The van der Waals surface area contributed by atoms with Crippen molar-refractivity contribution in [3.05, 3.63) is 84.1 Å². The van der Waals surface area contributed by atoms with E-state index in [1.165, 1.54) is 23.5 Å². The van der Waals surface area contributed by atoms with Crippen molar-refractivity contribution in [3.8, 4) is 0 Å². The molecule has 0 atom stereocenters. The Morgan fingerprint density at radius 1 is 0.885 bits per heavy atom. The average Bonchev–Trinajstić information content (AvgIpc) is 3.19. The maximum Gasteiger partial charge on any atom is 0.314 e. The molecule has 0 spiro atoms. The Morgan fingerprint density at radius 3 is 2.04 bits per heavy atom. The number of hydrogen-bond acceptors (Lipinski definition) is 4. The van der Waals surface area contributed by atoms with Gasteiger partial charge < -0.3 is 9.84 Å². The number of benzene rings is 2. The monoisotopic (exact) mass is 349 g/mol. The molecule has 0 fully saturated rings. The van der Waals surface area contributed by atoms with Crippen LogP contribution in [0.5, 0.6) is 0 Å². The highest BCUT2D eigenvalue weighted by molar-refractivity contribution is 6.39. The summed E-state index contributed by atoms with van der Waals surface area (Å²) in [6.07, 6.45) is 1.99. The number of carbonyl (C=O) groups is 2. The van der Waals surface area contributed by atoms with E-state index in [-0.39, 0.29) is 11.7 Å². The van der Waals surface area contributed by atoms with Gasteiger partial charge in [-0.25, -0.2) is 0 Å². The van der Waals surface area contributed by atoms with Gasteiger partial charge in [0, 0.05) is 18.5 Å². The first kappa shape index (κ1) is 17.4. The Morgan fingerprint density at radius 2 is 1.50 bits per heavy atom. The number of nitrogens with zero attached hydrogens (tertiary/aromatic N) is 1. The van der Waals surface area contributed by atoms with E-state index in [2.05, 4.69) is 44.6 Å². The molecule has 2 N–H and O–H groups in total. The molecule has 6 nitrogen and oxygen atoms in total. The third-order valence-electron chi connectivity index (χ3n) is 4.01. The van der Waals surface area contributed by atoms with Gasteiger partial charge in [0.2, 0.25) is 0 Å². The molecule has 0 saturated carbocycles. The Hall–Kier alpha value is -3.41. The molecule has 0 radical (unpaired) electrons. The molecule has 0 aliphatic rings. The quantitative estimate of drug-likeness (QED) is 0.670. The molecule has 132 valence electrons. The minimum Gasteiger partial charge on any atom is -0.363 e. The van der Waals surface area contributed by atoms with Crippen LogP contribution in [0.15, 0.2) is 77.5 Å². The fourth-order valence-electron chi connectivity index (χ4n) is 2.76. The van der Waals surface area contributed by atoms with Crippen LogP contribution in [0, 0.1) is 0 Å². The molecule has 0 saturated heterocycles. The van der Waals surface area contributed by atoms with Gasteiger partial charge in [-0.15, -0.1) is 0 Å². The highest BCUT2D eigenvalue weighted by Crippen LogP contribution is 2.27. The number of rotatable bonds is 6. The van der Waals surface area contributed by atoms with Crippen molar-refractivity contribution < 1.29 is 14.1 Å². The van der Waals surface area contributed by atoms with Crippen LogP contribution in [0.3, 0.4) is 0 Å². The normalized spacial score (nSPS) is 10.5. The summed E-state index contributed by atoms with van der Waals surface area (Å²) in [5.74, 6) is -1.13. The zero-order chi connectivity index (χ0) is 18.2. The summed E-state index contributed by atoms with van der Waals surface area (Å²) in [6.45, 7) is 0.375. The van der Waals surface area contributed by atoms with E-state index < -0.39 is 11.8 Å². The fraction of sp³-hybridized carbons (Fsp3) is 0.150. The molecule has 1 heterocycles. The molecule has 0 unspecified atom stereocenters. The Bertz CT molecular complexity index is 794. The lowest BCUT2D eigenvalue weighted by atomic mass is 9.88. The van der Waals surface area contributed by atoms with Crippen LogP contribution in [0.2, 0.25) is 0 Å². The van der Waals surface area contributed by atoms with Gasteiger partial charge in [0.15, 0.2) is 5.82 Å². The van der Waals surface area contributed by atoms with E-state index in [9.17, 15) is 9.59 Å². The summed E-state index contributed by atoms with van der Waals surface area (Å²) >= 11 is 0. The first-order valence-corrected chi connectivity index (χ1v) is 8.33. The topological polar surface area (TPSA) is 84.2 Å². The number of carbonyl (C=O) groups excluding carboxylic acids is 2. The van der Waals surface area contributed by atoms with Crippen LogP contribution in [-0.4, -0.2) is 23.5 Å². The van der Waals surface area contributed by atoms with Gasteiger partial charge >= 0.3 is 11.8 Å². The van der Waals surface area contributed by atoms with Crippen LogP contribution in [0.25, 0.3) is 0 Å². The van der Waals surface area contributed by atoms with Gasteiger partial charge in [0.25, 0.3) is 0 Å². The maximum atomic E-state index is 11.9. The van der Waals surface area contributed by atoms with E-state index in [1.807, 2.05) is 36.4 Å². The summed E-state index contributed by atoms with van der Waals surface area (Å²) in [7, 11) is 0. The molecule has 0 aliphatic heterocycles. The van der Waals surface area contributed by atoms with Crippen molar-refractivity contribution in [3.63, 3.8) is 0 Å². The molecule has 2 aromatic carbocycles. The zero-order valence-electron chi connectivity index (χ0n) is 14.1. The summed E-state index contributed by atoms with van der Waals surface area (Å²) in [4.78, 5) is 23.8. The lowest BCUT2D eigenvalue weighted by molar-refractivity contribution is -0.136. The second-order valence-corrected chi connectivity index (χ2v) is 5.76. The maximum absolute atomic E-state index is 11.9. The van der Waals surface area contributed by atoms with Crippen LogP contribution >= 0.6 is 0 Å². The van der Waals surface area contributed by atoms with Crippen molar-refractivity contribution in [2.75, 3.05) is 11.9 Å². The van der Waals surface area contributed by atoms with Crippen LogP contribution in [0.1, 0.15) is 23.5 Å². The predicted molar refractivity (Wildman–Crippen MR) is 97.5 cm³/mol. The van der Waals surface area contributed by atoms with Crippen molar-refractivity contribution in [1.82, 2.24) is 10.5 Å². The molecular weight excluding hydrogens is 330 g/mol. The van der Waals surface area contributed by atoms with E-state index in [1.54, 1.807) is 0 Å². The summed E-state index contributed by atoms with van der Waals surface area (Å²) in [6, 6.07) is 21.7. The van der Waals surface area contributed by atoms with Gasteiger partial charge in [-0.3, -0.25) is 14.9 Å². The lowest BCUT2D eigenvalue weighted by Gasteiger charge is -2.18. The Kier molecular flexibility index (Phi) is 5.77. The average molecular weight is 349 g/mol. The van der Waals surface area contributed by atoms with E-state index in [4.69, 9.17) is 0 Å².